The van der Waals surface area contributed by atoms with Gasteiger partial charge in [0, 0.05) is 4.47 Å². The van der Waals surface area contributed by atoms with Gasteiger partial charge in [-0.3, -0.25) is 9.36 Å². The Morgan fingerprint density at radius 1 is 1.19 bits per heavy atom. The fourth-order valence-electron chi connectivity index (χ4n) is 3.60. The van der Waals surface area contributed by atoms with Crippen LogP contribution in [0, 0.1) is 0 Å². The van der Waals surface area contributed by atoms with Crippen molar-refractivity contribution >= 4 is 39.3 Å². The Morgan fingerprint density at radius 2 is 1.88 bits per heavy atom. The van der Waals surface area contributed by atoms with E-state index in [1.165, 1.54) is 11.3 Å². The lowest BCUT2D eigenvalue weighted by Gasteiger charge is -2.24. The number of rotatable bonds is 5. The number of carbonyl (C=O) groups is 1. The number of aromatic nitrogens is 1. The van der Waals surface area contributed by atoms with Crippen LogP contribution in [0.1, 0.15) is 31.0 Å². The highest BCUT2D eigenvalue weighted by Crippen LogP contribution is 2.31. The molecule has 0 bridgehead atoms. The minimum absolute atomic E-state index is 0.202. The summed E-state index contributed by atoms with van der Waals surface area (Å²) in [5.41, 5.74) is 2.38. The van der Waals surface area contributed by atoms with Crippen LogP contribution in [-0.2, 0) is 9.53 Å². The fourth-order valence-corrected chi connectivity index (χ4v) is 4.91. The molecule has 2 aromatic carbocycles. The number of allylic oxidation sites excluding steroid dienone is 1. The van der Waals surface area contributed by atoms with Gasteiger partial charge in [0.2, 0.25) is 0 Å². The number of thiazole rings is 1. The Bertz CT molecular complexity index is 1370. The van der Waals surface area contributed by atoms with Crippen LogP contribution in [0.4, 0.5) is 0 Å². The largest absolute Gasteiger partial charge is 0.497 e. The number of ether oxygens (including phenoxy) is 2. The normalized spacial score (nSPS) is 15.9. The highest BCUT2D eigenvalue weighted by molar-refractivity contribution is 9.10. The molecule has 0 amide bonds. The molecule has 0 aliphatic carbocycles. The average molecular weight is 513 g/mol. The van der Waals surface area contributed by atoms with E-state index in [-0.39, 0.29) is 12.2 Å². The molecule has 2 heterocycles. The number of hydrogen-bond donors (Lipinski definition) is 0. The van der Waals surface area contributed by atoms with E-state index in [4.69, 9.17) is 9.47 Å². The van der Waals surface area contributed by atoms with Crippen LogP contribution in [0.5, 0.6) is 5.75 Å². The molecule has 0 radical (unpaired) electrons. The van der Waals surface area contributed by atoms with Gasteiger partial charge in [-0.2, -0.15) is 0 Å². The van der Waals surface area contributed by atoms with E-state index in [0.717, 1.165) is 15.6 Å². The van der Waals surface area contributed by atoms with Gasteiger partial charge in [-0.25, -0.2) is 9.79 Å². The summed E-state index contributed by atoms with van der Waals surface area (Å²) in [7, 11) is 1.59. The number of halogens is 1. The Kier molecular flexibility index (Phi) is 6.43. The zero-order chi connectivity index (χ0) is 22.8. The maximum Gasteiger partial charge on any atom is 0.338 e. The minimum Gasteiger partial charge on any atom is -0.497 e. The van der Waals surface area contributed by atoms with Gasteiger partial charge in [0.25, 0.3) is 5.56 Å². The van der Waals surface area contributed by atoms with Crippen LogP contribution < -0.4 is 19.6 Å². The molecular formula is C24H21BrN2O4S. The number of methoxy groups -OCH3 is 1. The molecule has 3 aromatic rings. The summed E-state index contributed by atoms with van der Waals surface area (Å²) in [5, 5.41) is 0. The van der Waals surface area contributed by atoms with Gasteiger partial charge in [-0.15, -0.1) is 0 Å². The van der Waals surface area contributed by atoms with Crippen molar-refractivity contribution in [3.8, 4) is 5.75 Å². The molecule has 0 spiro atoms. The average Bonchev–Trinajstić information content (AvgIpc) is 3.09. The van der Waals surface area contributed by atoms with Gasteiger partial charge in [0.05, 0.1) is 35.6 Å². The van der Waals surface area contributed by atoms with Crippen LogP contribution >= 0.6 is 27.3 Å². The van der Waals surface area contributed by atoms with Crippen LogP contribution in [0.25, 0.3) is 6.08 Å². The minimum atomic E-state index is -0.636. The molecule has 1 atom stereocenters. The van der Waals surface area contributed by atoms with Gasteiger partial charge >= 0.3 is 5.97 Å². The number of hydrogen-bond acceptors (Lipinski definition) is 6. The van der Waals surface area contributed by atoms with E-state index in [1.54, 1.807) is 25.5 Å². The Labute approximate surface area is 197 Å². The van der Waals surface area contributed by atoms with E-state index in [0.29, 0.717) is 26.4 Å². The predicted molar refractivity (Wildman–Crippen MR) is 128 cm³/mol. The van der Waals surface area contributed by atoms with Crippen molar-refractivity contribution in [1.82, 2.24) is 4.57 Å². The first-order valence-electron chi connectivity index (χ1n) is 10.0. The molecular weight excluding hydrogens is 492 g/mol. The highest BCUT2D eigenvalue weighted by atomic mass is 79.9. The summed E-state index contributed by atoms with van der Waals surface area (Å²) >= 11 is 4.73. The summed E-state index contributed by atoms with van der Waals surface area (Å²) < 4.78 is 13.7. The summed E-state index contributed by atoms with van der Waals surface area (Å²) in [6, 6.07) is 14.4. The maximum atomic E-state index is 13.5. The molecule has 0 saturated heterocycles. The monoisotopic (exact) mass is 512 g/mol. The Hall–Kier alpha value is -2.97. The topological polar surface area (TPSA) is 69.9 Å². The van der Waals surface area contributed by atoms with Crippen molar-refractivity contribution < 1.29 is 14.3 Å². The number of fused-ring (bicyclic) bond motifs is 1. The second-order valence-corrected chi connectivity index (χ2v) is 9.05. The third kappa shape index (κ3) is 4.20. The molecule has 0 N–H and O–H groups in total. The van der Waals surface area contributed by atoms with Gasteiger partial charge in [-0.1, -0.05) is 51.5 Å². The lowest BCUT2D eigenvalue weighted by atomic mass is 9.96. The summed E-state index contributed by atoms with van der Waals surface area (Å²) in [6.45, 7) is 3.76. The third-order valence-corrected chi connectivity index (χ3v) is 6.63. The first-order chi connectivity index (χ1) is 15.4. The van der Waals surface area contributed by atoms with E-state index in [9.17, 15) is 9.59 Å². The Morgan fingerprint density at radius 3 is 2.50 bits per heavy atom. The van der Waals surface area contributed by atoms with Crippen LogP contribution in [0.3, 0.4) is 0 Å². The van der Waals surface area contributed by atoms with Crippen molar-refractivity contribution in [3.63, 3.8) is 0 Å². The van der Waals surface area contributed by atoms with Crippen LogP contribution in [0.2, 0.25) is 0 Å². The van der Waals surface area contributed by atoms with Crippen molar-refractivity contribution in [1.29, 1.82) is 0 Å². The maximum absolute atomic E-state index is 13.5. The van der Waals surface area contributed by atoms with Gasteiger partial charge < -0.3 is 9.47 Å². The zero-order valence-corrected chi connectivity index (χ0v) is 20.2. The second kappa shape index (κ2) is 9.26. The fraction of sp³-hybridized carbons (Fsp3) is 0.208. The van der Waals surface area contributed by atoms with Crippen molar-refractivity contribution in [3.05, 3.63) is 95.1 Å². The van der Waals surface area contributed by atoms with Gasteiger partial charge in [0.15, 0.2) is 4.80 Å². The van der Waals surface area contributed by atoms with Gasteiger partial charge in [0.1, 0.15) is 5.75 Å². The first kappa shape index (κ1) is 22.2. The van der Waals surface area contributed by atoms with E-state index >= 15 is 0 Å². The molecule has 1 aliphatic heterocycles. The lowest BCUT2D eigenvalue weighted by molar-refractivity contribution is -0.139. The molecule has 0 unspecified atom stereocenters. The standard InChI is InChI=1S/C24H21BrN2O4S/c1-4-31-23(29)20-14(2)26-24-27(21(20)16-7-11-18(30-3)12-8-16)22(28)19(32-24)13-15-5-9-17(25)10-6-15/h5-13,21H,4H2,1-3H3/t21-/m1/s1. The Balaban J connectivity index is 1.93. The van der Waals surface area contributed by atoms with Gasteiger partial charge in [-0.05, 0) is 55.3 Å². The molecule has 1 aliphatic rings. The third-order valence-electron chi connectivity index (χ3n) is 5.12. The number of esters is 1. The van der Waals surface area contributed by atoms with Crippen molar-refractivity contribution in [2.75, 3.05) is 13.7 Å². The highest BCUT2D eigenvalue weighted by Gasteiger charge is 2.33. The number of carbonyl (C=O) groups excluding carboxylic acids is 1. The summed E-state index contributed by atoms with van der Waals surface area (Å²) in [4.78, 5) is 31.5. The molecule has 8 heteroatoms. The lowest BCUT2D eigenvalue weighted by Crippen LogP contribution is -2.39. The number of nitrogens with zero attached hydrogens (tertiary/aromatic N) is 2. The molecule has 0 fully saturated rings. The molecule has 32 heavy (non-hydrogen) atoms. The molecule has 1 aromatic heterocycles. The van der Waals surface area contributed by atoms with E-state index in [1.807, 2.05) is 54.6 Å². The summed E-state index contributed by atoms with van der Waals surface area (Å²) in [6.07, 6.45) is 1.84. The molecule has 164 valence electrons. The zero-order valence-electron chi connectivity index (χ0n) is 17.8. The quantitative estimate of drug-likeness (QED) is 0.490. The molecule has 4 rings (SSSR count). The number of benzene rings is 2. The first-order valence-corrected chi connectivity index (χ1v) is 11.6. The van der Waals surface area contributed by atoms with Crippen LogP contribution in [0.15, 0.2) is 74.1 Å². The summed E-state index contributed by atoms with van der Waals surface area (Å²) in [5.74, 6) is 0.214. The second-order valence-electron chi connectivity index (χ2n) is 7.13. The SMILES string of the molecule is CCOC(=O)C1=C(C)N=c2sc(=Cc3ccc(Br)cc3)c(=O)n2[C@@H]1c1ccc(OC)cc1. The van der Waals surface area contributed by atoms with Crippen molar-refractivity contribution in [2.45, 2.75) is 19.9 Å². The van der Waals surface area contributed by atoms with E-state index in [2.05, 4.69) is 20.9 Å². The van der Waals surface area contributed by atoms with Crippen molar-refractivity contribution in [2.24, 2.45) is 4.99 Å². The molecule has 0 saturated carbocycles. The molecule has 6 nitrogen and oxygen atoms in total. The predicted octanol–water partition coefficient (Wildman–Crippen LogP) is 3.57. The van der Waals surface area contributed by atoms with Crippen LogP contribution in [-0.4, -0.2) is 24.3 Å². The van der Waals surface area contributed by atoms with E-state index < -0.39 is 12.0 Å². The smallest absolute Gasteiger partial charge is 0.338 e.